The van der Waals surface area contributed by atoms with Crippen molar-refractivity contribution in [2.24, 2.45) is 0 Å². The van der Waals surface area contributed by atoms with Crippen LogP contribution in [0.1, 0.15) is 31.8 Å². The molecule has 8 nitrogen and oxygen atoms in total. The zero-order valence-electron chi connectivity index (χ0n) is 26.7. The van der Waals surface area contributed by atoms with E-state index in [0.717, 1.165) is 0 Å². The summed E-state index contributed by atoms with van der Waals surface area (Å²) in [5.74, 6) is -5.29. The number of benzene rings is 2. The molecule has 266 valence electrons. The quantitative estimate of drug-likeness (QED) is 0.0953. The molecule has 0 saturated carbocycles. The number of aromatic carboxylic acids is 2. The lowest BCUT2D eigenvalue weighted by Gasteiger charge is -1.99. The number of carbonyl (C=O) groups is 4. The van der Waals surface area contributed by atoms with Crippen molar-refractivity contribution in [1.82, 2.24) is 0 Å². The van der Waals surface area contributed by atoms with Crippen molar-refractivity contribution in [1.29, 1.82) is 0 Å². The second-order valence-electron chi connectivity index (χ2n) is 11.6. The average Bonchev–Trinajstić information content (AvgIpc) is 3.95. The summed E-state index contributed by atoms with van der Waals surface area (Å²) in [6.07, 6.45) is -0.635. The second kappa shape index (κ2) is 14.6. The van der Waals surface area contributed by atoms with Crippen molar-refractivity contribution in [2.75, 3.05) is 0 Å². The third kappa shape index (κ3) is 7.47. The van der Waals surface area contributed by atoms with Gasteiger partial charge in [0.05, 0.1) is 33.7 Å². The summed E-state index contributed by atoms with van der Waals surface area (Å²) in [6.45, 7) is 0. The topological polar surface area (TPSA) is 149 Å². The molecular formula is C38H22F2O8S5. The number of aliphatic carboxylic acids is 2. The Morgan fingerprint density at radius 3 is 1.13 bits per heavy atom. The van der Waals surface area contributed by atoms with Crippen LogP contribution in [0.2, 0.25) is 0 Å². The van der Waals surface area contributed by atoms with E-state index in [1.807, 2.05) is 0 Å². The Balaban J connectivity index is 1.23. The molecule has 4 N–H and O–H groups in total. The van der Waals surface area contributed by atoms with Gasteiger partial charge in [-0.1, -0.05) is 24.3 Å². The average molecular weight is 805 g/mol. The van der Waals surface area contributed by atoms with E-state index in [1.165, 1.54) is 93.1 Å². The van der Waals surface area contributed by atoms with Gasteiger partial charge in [-0.3, -0.25) is 9.59 Å². The van der Waals surface area contributed by atoms with Gasteiger partial charge in [-0.05, 0) is 82.9 Å². The lowest BCUT2D eigenvalue weighted by Crippen LogP contribution is -1.99. The van der Waals surface area contributed by atoms with Crippen LogP contribution in [0.15, 0.2) is 84.9 Å². The van der Waals surface area contributed by atoms with Crippen LogP contribution in [0.5, 0.6) is 0 Å². The van der Waals surface area contributed by atoms with Gasteiger partial charge in [0, 0.05) is 39.0 Å². The first kappa shape index (κ1) is 36.1. The Morgan fingerprint density at radius 2 is 0.792 bits per heavy atom. The van der Waals surface area contributed by atoms with Crippen molar-refractivity contribution in [3.05, 3.63) is 119 Å². The highest BCUT2D eigenvalue weighted by atomic mass is 32.1. The maximum absolute atomic E-state index is 15.4. The summed E-state index contributed by atoms with van der Waals surface area (Å²) in [5, 5.41) is 37.9. The molecule has 0 atom stereocenters. The predicted octanol–water partition coefficient (Wildman–Crippen LogP) is 10.9. The monoisotopic (exact) mass is 804 g/mol. The van der Waals surface area contributed by atoms with Gasteiger partial charge in [-0.25, -0.2) is 18.4 Å². The van der Waals surface area contributed by atoms with E-state index in [9.17, 15) is 39.6 Å². The van der Waals surface area contributed by atoms with Crippen LogP contribution in [0.3, 0.4) is 0 Å². The van der Waals surface area contributed by atoms with Gasteiger partial charge in [0.1, 0.15) is 11.6 Å². The number of halogens is 2. The van der Waals surface area contributed by atoms with E-state index in [4.69, 9.17) is 0 Å². The largest absolute Gasteiger partial charge is 0.481 e. The molecule has 0 saturated heterocycles. The molecule has 5 aromatic heterocycles. The van der Waals surface area contributed by atoms with Crippen LogP contribution in [-0.2, 0) is 22.4 Å². The molecule has 2 aromatic carbocycles. The fourth-order valence-corrected chi connectivity index (χ4v) is 11.5. The Morgan fingerprint density at radius 1 is 0.434 bits per heavy atom. The first-order chi connectivity index (χ1) is 25.3. The lowest BCUT2D eigenvalue weighted by molar-refractivity contribution is -0.137. The molecule has 0 amide bonds. The molecule has 0 spiro atoms. The SMILES string of the molecule is O=C(O)Cc1cc(-c2sc(-c3ccc(C(=O)O)cc3)cc2F)sc1-c1ccc(-c2sc(-c3sc(-c4ccc(C(=O)O)cc4)cc3F)cc2CC(=O)O)s1. The third-order valence-electron chi connectivity index (χ3n) is 8.01. The number of hydrogen-bond donors (Lipinski definition) is 4. The normalized spacial score (nSPS) is 11.2. The van der Waals surface area contributed by atoms with Gasteiger partial charge in [0.25, 0.3) is 0 Å². The van der Waals surface area contributed by atoms with Gasteiger partial charge < -0.3 is 20.4 Å². The first-order valence-corrected chi connectivity index (χ1v) is 19.5. The molecule has 0 unspecified atom stereocenters. The van der Waals surface area contributed by atoms with Crippen LogP contribution in [0, 0.1) is 11.6 Å². The van der Waals surface area contributed by atoms with E-state index in [2.05, 4.69) is 0 Å². The molecule has 0 bridgehead atoms. The van der Waals surface area contributed by atoms with Crippen LogP contribution in [0.25, 0.3) is 59.9 Å². The van der Waals surface area contributed by atoms with Crippen molar-refractivity contribution in [2.45, 2.75) is 12.8 Å². The molecule has 7 rings (SSSR count). The molecule has 5 heterocycles. The van der Waals surface area contributed by atoms with E-state index < -0.39 is 35.5 Å². The number of carboxylic acids is 4. The van der Waals surface area contributed by atoms with Gasteiger partial charge in [0.2, 0.25) is 0 Å². The van der Waals surface area contributed by atoms with E-state index in [1.54, 1.807) is 48.5 Å². The molecule has 7 aromatic rings. The van der Waals surface area contributed by atoms with Crippen LogP contribution >= 0.6 is 56.7 Å². The van der Waals surface area contributed by atoms with Gasteiger partial charge in [-0.15, -0.1) is 56.7 Å². The van der Waals surface area contributed by atoms with E-state index >= 15 is 8.78 Å². The number of carboxylic acid groups (broad SMARTS) is 4. The summed E-state index contributed by atoms with van der Waals surface area (Å²) in [6, 6.07) is 21.8. The lowest BCUT2D eigenvalue weighted by atomic mass is 10.1. The number of hydrogen-bond acceptors (Lipinski definition) is 9. The van der Waals surface area contributed by atoms with E-state index in [0.29, 0.717) is 71.0 Å². The Hall–Kier alpha value is -5.32. The van der Waals surface area contributed by atoms with Gasteiger partial charge in [0.15, 0.2) is 0 Å². The van der Waals surface area contributed by atoms with Gasteiger partial charge >= 0.3 is 23.9 Å². The van der Waals surface area contributed by atoms with E-state index in [-0.39, 0.29) is 24.0 Å². The fraction of sp³-hybridized carbons (Fsp3) is 0.0526. The molecule has 0 fully saturated rings. The maximum Gasteiger partial charge on any atom is 0.335 e. The number of thiophene rings is 5. The third-order valence-corrected chi connectivity index (χ3v) is 14.5. The summed E-state index contributed by atoms with van der Waals surface area (Å²) in [5.41, 5.74) is 2.44. The molecule has 0 aliphatic heterocycles. The molecule has 0 aliphatic rings. The summed E-state index contributed by atoms with van der Waals surface area (Å²) < 4.78 is 30.8. The number of rotatable bonds is 12. The Kier molecular flexibility index (Phi) is 9.93. The van der Waals surface area contributed by atoms with Crippen LogP contribution < -0.4 is 0 Å². The summed E-state index contributed by atoms with van der Waals surface area (Å²) in [4.78, 5) is 51.7. The minimum Gasteiger partial charge on any atom is -0.481 e. The molecule has 0 radical (unpaired) electrons. The summed E-state index contributed by atoms with van der Waals surface area (Å²) >= 11 is 6.12. The van der Waals surface area contributed by atoms with Crippen molar-refractivity contribution >= 4 is 80.6 Å². The van der Waals surface area contributed by atoms with Crippen LogP contribution in [-0.4, -0.2) is 44.3 Å². The molecule has 53 heavy (non-hydrogen) atoms. The second-order valence-corrected chi connectivity index (χ2v) is 16.9. The van der Waals surface area contributed by atoms with Gasteiger partial charge in [-0.2, -0.15) is 0 Å². The maximum atomic E-state index is 15.4. The summed E-state index contributed by atoms with van der Waals surface area (Å²) in [7, 11) is 0. The highest BCUT2D eigenvalue weighted by molar-refractivity contribution is 7.30. The minimum absolute atomic E-state index is 0.103. The van der Waals surface area contributed by atoms with Crippen molar-refractivity contribution < 1.29 is 48.4 Å². The Labute approximate surface area is 318 Å². The minimum atomic E-state index is -1.07. The standard InChI is InChI=1S/C38H22F2O8S5/c39-23-15-27(17-1-5-19(6-2-17)37(45)46)50-35(23)29-11-21(13-31(41)42)33(52-29)25-9-10-26(49-25)34-22(14-32(43)44)12-30(53-34)36-24(40)16-28(51-36)18-3-7-20(8-4-18)38(47)48/h1-12,15-16H,13-14H2,(H,41,42)(H,43,44)(H,45,46)(H,47,48). The highest BCUT2D eigenvalue weighted by Gasteiger charge is 2.24. The van der Waals surface area contributed by atoms with Crippen molar-refractivity contribution in [3.8, 4) is 59.9 Å². The van der Waals surface area contributed by atoms with Crippen LogP contribution in [0.4, 0.5) is 8.78 Å². The Bertz CT molecular complexity index is 2380. The first-order valence-electron chi connectivity index (χ1n) is 15.4. The smallest absolute Gasteiger partial charge is 0.335 e. The molecular weight excluding hydrogens is 783 g/mol. The molecule has 15 heteroatoms. The molecule has 0 aliphatic carbocycles. The zero-order chi connectivity index (χ0) is 37.6. The predicted molar refractivity (Wildman–Crippen MR) is 205 cm³/mol. The fourth-order valence-electron chi connectivity index (χ4n) is 5.58. The highest BCUT2D eigenvalue weighted by Crippen LogP contribution is 2.50. The zero-order valence-corrected chi connectivity index (χ0v) is 30.8. The van der Waals surface area contributed by atoms with Crippen molar-refractivity contribution in [3.63, 3.8) is 0 Å².